The van der Waals surface area contributed by atoms with Gasteiger partial charge in [0.15, 0.2) is 17.9 Å². The molecule has 1 aliphatic heterocycles. The number of aromatic hydroxyl groups is 2. The summed E-state index contributed by atoms with van der Waals surface area (Å²) in [4.78, 5) is 26.5. The number of phenols is 2. The molecule has 1 saturated heterocycles. The Morgan fingerprint density at radius 2 is 1.71 bits per heavy atom. The van der Waals surface area contributed by atoms with E-state index in [4.69, 9.17) is 15.2 Å². The van der Waals surface area contributed by atoms with Gasteiger partial charge in [0, 0.05) is 47.6 Å². The fourth-order valence-electron chi connectivity index (χ4n) is 5.41. The van der Waals surface area contributed by atoms with Crippen LogP contribution in [0.4, 0.5) is 0 Å². The number of ether oxygens (including phenoxy) is 2. The lowest BCUT2D eigenvalue weighted by atomic mass is 9.73. The van der Waals surface area contributed by atoms with Gasteiger partial charge in [-0.25, -0.2) is 0 Å². The van der Waals surface area contributed by atoms with Gasteiger partial charge in [0.1, 0.15) is 11.5 Å². The topological polar surface area (TPSA) is 160 Å². The van der Waals surface area contributed by atoms with E-state index in [1.807, 2.05) is 6.92 Å². The van der Waals surface area contributed by atoms with E-state index >= 15 is 0 Å². The van der Waals surface area contributed by atoms with E-state index in [9.17, 15) is 30.0 Å². The van der Waals surface area contributed by atoms with Crippen LogP contribution in [0, 0.1) is 0 Å². The summed E-state index contributed by atoms with van der Waals surface area (Å²) in [5, 5.41) is 43.3. The van der Waals surface area contributed by atoms with Crippen molar-refractivity contribution in [1.82, 2.24) is 0 Å². The second kappa shape index (κ2) is 8.14. The molecule has 3 aliphatic rings. The number of aliphatic hydroxyl groups is 2. The number of carbonyl (C=O) groups excluding carboxylic acids is 2. The Bertz CT molecular complexity index is 1180. The first-order valence-corrected chi connectivity index (χ1v) is 11.3. The summed E-state index contributed by atoms with van der Waals surface area (Å²) >= 11 is 0. The van der Waals surface area contributed by atoms with Crippen LogP contribution in [0.25, 0.3) is 0 Å². The number of benzene rings is 2. The van der Waals surface area contributed by atoms with Gasteiger partial charge in [0.2, 0.25) is 0 Å². The molecule has 5 rings (SSSR count). The minimum Gasteiger partial charge on any atom is -0.507 e. The summed E-state index contributed by atoms with van der Waals surface area (Å²) in [7, 11) is 0. The van der Waals surface area contributed by atoms with E-state index in [1.54, 1.807) is 12.1 Å². The van der Waals surface area contributed by atoms with E-state index in [1.165, 1.54) is 12.1 Å². The summed E-state index contributed by atoms with van der Waals surface area (Å²) in [6.07, 6.45) is -1.30. The number of fused-ring (bicyclic) bond motifs is 3. The van der Waals surface area contributed by atoms with Gasteiger partial charge in [0.25, 0.3) is 0 Å². The quantitative estimate of drug-likeness (QED) is 0.358. The molecule has 0 spiro atoms. The SMILES string of the molecule is C[C@H]1C[C@@H](N)C[C@H](O[C@H]2C[C@](O)(CO)Cc3c(O)c4c(c(O)c32)C(=O)c2ccccc2C4=O)O1. The van der Waals surface area contributed by atoms with Gasteiger partial charge in [-0.05, 0) is 13.3 Å². The predicted octanol–water partition coefficient (Wildman–Crippen LogP) is 1.45. The number of hydrogen-bond donors (Lipinski definition) is 5. The smallest absolute Gasteiger partial charge is 0.198 e. The molecule has 0 radical (unpaired) electrons. The fraction of sp³-hybridized carbons (Fsp3) is 0.440. The van der Waals surface area contributed by atoms with Crippen LogP contribution < -0.4 is 5.73 Å². The van der Waals surface area contributed by atoms with E-state index < -0.39 is 47.7 Å². The van der Waals surface area contributed by atoms with Crippen molar-refractivity contribution in [2.45, 2.75) is 62.7 Å². The molecule has 1 heterocycles. The van der Waals surface area contributed by atoms with Gasteiger partial charge in [-0.2, -0.15) is 0 Å². The highest BCUT2D eigenvalue weighted by molar-refractivity contribution is 6.30. The molecule has 6 N–H and O–H groups in total. The molecule has 2 aliphatic carbocycles. The van der Waals surface area contributed by atoms with Gasteiger partial charge in [0.05, 0.1) is 35.5 Å². The summed E-state index contributed by atoms with van der Waals surface area (Å²) in [6.45, 7) is 1.22. The van der Waals surface area contributed by atoms with Crippen molar-refractivity contribution < 1.29 is 39.5 Å². The maximum Gasteiger partial charge on any atom is 0.198 e. The zero-order valence-corrected chi connectivity index (χ0v) is 18.7. The standard InChI is InChI=1S/C25H27NO8/c1-11-6-12(26)7-17(33-11)34-16-9-25(32,10-27)8-15-18(16)24(31)20-19(23(15)30)21(28)13-4-2-3-5-14(13)22(20)29/h2-5,11-12,16-17,27,30-32H,6-10,26H2,1H3/t11-,12+,16-,17-,25-/m0/s1. The number of ketones is 2. The van der Waals surface area contributed by atoms with E-state index in [-0.39, 0.29) is 58.4 Å². The molecule has 2 aromatic carbocycles. The molecular weight excluding hydrogens is 442 g/mol. The molecule has 34 heavy (non-hydrogen) atoms. The third kappa shape index (κ3) is 3.52. The Labute approximate surface area is 195 Å². The summed E-state index contributed by atoms with van der Waals surface area (Å²) in [5.41, 5.74) is 4.21. The Morgan fingerprint density at radius 3 is 2.29 bits per heavy atom. The lowest BCUT2D eigenvalue weighted by Gasteiger charge is -2.41. The molecule has 1 fully saturated rings. The molecule has 0 saturated carbocycles. The zero-order chi connectivity index (χ0) is 24.4. The number of nitrogens with two attached hydrogens (primary N) is 1. The molecule has 5 atom stereocenters. The first-order valence-electron chi connectivity index (χ1n) is 11.3. The first kappa shape index (κ1) is 22.9. The Balaban J connectivity index is 1.66. The number of hydrogen-bond acceptors (Lipinski definition) is 9. The number of carbonyl (C=O) groups is 2. The van der Waals surface area contributed by atoms with Crippen molar-refractivity contribution in [3.05, 3.63) is 57.6 Å². The maximum atomic E-state index is 13.3. The lowest BCUT2D eigenvalue weighted by Crippen LogP contribution is -2.45. The average molecular weight is 469 g/mol. The largest absolute Gasteiger partial charge is 0.507 e. The minimum absolute atomic E-state index is 0.0535. The zero-order valence-electron chi connectivity index (χ0n) is 18.7. The molecule has 0 unspecified atom stereocenters. The van der Waals surface area contributed by atoms with Crippen LogP contribution >= 0.6 is 0 Å². The third-order valence-electron chi connectivity index (χ3n) is 6.98. The van der Waals surface area contributed by atoms with Gasteiger partial charge in [-0.1, -0.05) is 24.3 Å². The molecule has 0 amide bonds. The number of rotatable bonds is 3. The Kier molecular flexibility index (Phi) is 5.50. The summed E-state index contributed by atoms with van der Waals surface area (Å²) in [6, 6.07) is 6.02. The molecule has 9 heteroatoms. The molecule has 9 nitrogen and oxygen atoms in total. The highest BCUT2D eigenvalue weighted by Crippen LogP contribution is 2.51. The molecule has 180 valence electrons. The third-order valence-corrected chi connectivity index (χ3v) is 6.98. The number of phenolic OH excluding ortho intramolecular Hbond substituents is 2. The average Bonchev–Trinajstić information content (AvgIpc) is 2.79. The van der Waals surface area contributed by atoms with E-state index in [2.05, 4.69) is 0 Å². The normalized spacial score (nSPS) is 30.5. The van der Waals surface area contributed by atoms with Crippen LogP contribution in [0.15, 0.2) is 24.3 Å². The van der Waals surface area contributed by atoms with Crippen LogP contribution in [0.1, 0.15) is 75.3 Å². The number of aliphatic hydroxyl groups excluding tert-OH is 1. The van der Waals surface area contributed by atoms with Gasteiger partial charge in [-0.15, -0.1) is 0 Å². The monoisotopic (exact) mass is 469 g/mol. The van der Waals surface area contributed by atoms with Crippen LogP contribution in [0.5, 0.6) is 11.5 Å². The van der Waals surface area contributed by atoms with Gasteiger partial charge < -0.3 is 35.6 Å². The predicted molar refractivity (Wildman–Crippen MR) is 119 cm³/mol. The first-order chi connectivity index (χ1) is 16.1. The van der Waals surface area contributed by atoms with Crippen molar-refractivity contribution in [3.8, 4) is 11.5 Å². The highest BCUT2D eigenvalue weighted by atomic mass is 16.7. The van der Waals surface area contributed by atoms with E-state index in [0.717, 1.165) is 0 Å². The second-order valence-corrected chi connectivity index (χ2v) is 9.54. The van der Waals surface area contributed by atoms with Crippen molar-refractivity contribution in [2.75, 3.05) is 6.61 Å². The molecular formula is C25H27NO8. The highest BCUT2D eigenvalue weighted by Gasteiger charge is 2.46. The second-order valence-electron chi connectivity index (χ2n) is 9.54. The minimum atomic E-state index is -1.68. The molecule has 0 aromatic heterocycles. The molecule has 2 aromatic rings. The fourth-order valence-corrected chi connectivity index (χ4v) is 5.41. The van der Waals surface area contributed by atoms with Crippen molar-refractivity contribution in [2.24, 2.45) is 5.73 Å². The summed E-state index contributed by atoms with van der Waals surface area (Å²) < 4.78 is 11.9. The Morgan fingerprint density at radius 1 is 1.09 bits per heavy atom. The maximum absolute atomic E-state index is 13.3. The molecule has 0 bridgehead atoms. The van der Waals surface area contributed by atoms with Crippen LogP contribution in [-0.2, 0) is 15.9 Å². The van der Waals surface area contributed by atoms with Gasteiger partial charge in [-0.3, -0.25) is 9.59 Å². The van der Waals surface area contributed by atoms with Gasteiger partial charge >= 0.3 is 0 Å². The lowest BCUT2D eigenvalue weighted by molar-refractivity contribution is -0.227. The summed E-state index contributed by atoms with van der Waals surface area (Å²) in [5.74, 6) is -2.18. The van der Waals surface area contributed by atoms with Crippen LogP contribution in [0.2, 0.25) is 0 Å². The van der Waals surface area contributed by atoms with Crippen molar-refractivity contribution in [1.29, 1.82) is 0 Å². The van der Waals surface area contributed by atoms with E-state index in [0.29, 0.717) is 12.8 Å². The van der Waals surface area contributed by atoms with Crippen molar-refractivity contribution in [3.63, 3.8) is 0 Å². The van der Waals surface area contributed by atoms with Crippen LogP contribution in [-0.4, -0.2) is 62.6 Å². The van der Waals surface area contributed by atoms with Crippen molar-refractivity contribution >= 4 is 11.6 Å². The Hall–Kier alpha value is -2.82. The van der Waals surface area contributed by atoms with Crippen LogP contribution in [0.3, 0.4) is 0 Å².